The third-order valence-electron chi connectivity index (χ3n) is 3.89. The van der Waals surface area contributed by atoms with Gasteiger partial charge in [-0.1, -0.05) is 0 Å². The van der Waals surface area contributed by atoms with Crippen LogP contribution in [0.2, 0.25) is 0 Å². The second kappa shape index (κ2) is 9.12. The Kier molecular flexibility index (Phi) is 7.12. The van der Waals surface area contributed by atoms with Crippen LogP contribution < -0.4 is 0 Å². The lowest BCUT2D eigenvalue weighted by Gasteiger charge is -2.25. The third-order valence-corrected chi connectivity index (χ3v) is 6.27. The van der Waals surface area contributed by atoms with E-state index in [-0.39, 0.29) is 32.1 Å². The first kappa shape index (κ1) is 21.1. The predicted octanol–water partition coefficient (Wildman–Crippen LogP) is 3.75. The molecule has 0 fully saturated rings. The number of rotatable bonds is 10. The Morgan fingerprint density at radius 2 is 1.85 bits per heavy atom. The number of nitro benzene ring substituents is 1. The molecule has 10 heteroatoms. The van der Waals surface area contributed by atoms with Crippen LogP contribution in [0.5, 0.6) is 0 Å². The monoisotopic (exact) mass is 398 g/mol. The van der Waals surface area contributed by atoms with Crippen LogP contribution in [0.15, 0.2) is 30.5 Å². The van der Waals surface area contributed by atoms with Crippen molar-refractivity contribution in [2.45, 2.75) is 33.0 Å². The molecule has 1 aromatic carbocycles. The van der Waals surface area contributed by atoms with Crippen LogP contribution in [0.4, 0.5) is 5.69 Å². The number of carbonyl (C=O) groups is 1. The van der Waals surface area contributed by atoms with E-state index < -0.39 is 24.1 Å². The summed E-state index contributed by atoms with van der Waals surface area (Å²) in [5, 5.41) is 11.6. The van der Waals surface area contributed by atoms with Gasteiger partial charge in [-0.3, -0.25) is 19.5 Å². The highest BCUT2D eigenvalue weighted by Gasteiger charge is 2.42. The van der Waals surface area contributed by atoms with E-state index in [1.54, 1.807) is 43.7 Å². The zero-order valence-corrected chi connectivity index (χ0v) is 16.4. The Morgan fingerprint density at radius 3 is 2.41 bits per heavy atom. The van der Waals surface area contributed by atoms with Gasteiger partial charge < -0.3 is 18.4 Å². The van der Waals surface area contributed by atoms with E-state index in [0.717, 1.165) is 0 Å². The van der Waals surface area contributed by atoms with Crippen molar-refractivity contribution in [1.82, 2.24) is 4.57 Å². The fourth-order valence-electron chi connectivity index (χ4n) is 2.77. The van der Waals surface area contributed by atoms with Gasteiger partial charge in [-0.15, -0.1) is 0 Å². The minimum atomic E-state index is -3.76. The molecular formula is C17H23N2O7P. The van der Waals surface area contributed by atoms with E-state index in [9.17, 15) is 19.5 Å². The molecule has 0 aliphatic carbocycles. The average Bonchev–Trinajstić information content (AvgIpc) is 3.02. The van der Waals surface area contributed by atoms with Crippen LogP contribution >= 0.6 is 7.60 Å². The molecule has 1 heterocycles. The summed E-state index contributed by atoms with van der Waals surface area (Å²) < 4.78 is 30.6. The van der Waals surface area contributed by atoms with Gasteiger partial charge in [0.25, 0.3) is 5.69 Å². The zero-order chi connectivity index (χ0) is 20.0. The van der Waals surface area contributed by atoms with Crippen molar-refractivity contribution in [3.63, 3.8) is 0 Å². The Bertz CT molecular complexity index is 854. The highest BCUT2D eigenvalue weighted by atomic mass is 31.2. The van der Waals surface area contributed by atoms with Crippen molar-refractivity contribution < 1.29 is 28.1 Å². The summed E-state index contributed by atoms with van der Waals surface area (Å²) in [5.74, 6) is -0.675. The van der Waals surface area contributed by atoms with Crippen LogP contribution in [0.25, 0.3) is 10.9 Å². The van der Waals surface area contributed by atoms with Crippen LogP contribution in [0, 0.1) is 10.1 Å². The Labute approximate surface area is 156 Å². The van der Waals surface area contributed by atoms with Gasteiger partial charge in [0.2, 0.25) is 0 Å². The number of carbonyl (C=O) groups excluding carboxylic acids is 1. The lowest BCUT2D eigenvalue weighted by Crippen LogP contribution is -2.30. The van der Waals surface area contributed by atoms with Gasteiger partial charge in [-0.05, 0) is 32.9 Å². The maximum absolute atomic E-state index is 13.2. The lowest BCUT2D eigenvalue weighted by molar-refractivity contribution is -0.384. The normalized spacial score (nSPS) is 12.9. The van der Waals surface area contributed by atoms with Gasteiger partial charge >= 0.3 is 13.6 Å². The van der Waals surface area contributed by atoms with Gasteiger partial charge in [0.1, 0.15) is 0 Å². The second-order valence-corrected chi connectivity index (χ2v) is 7.83. The molecule has 1 unspecified atom stereocenters. The number of nitro groups is 1. The van der Waals surface area contributed by atoms with Crippen molar-refractivity contribution in [3.05, 3.63) is 40.6 Å². The molecule has 2 rings (SSSR count). The van der Waals surface area contributed by atoms with E-state index in [1.807, 2.05) is 0 Å². The van der Waals surface area contributed by atoms with Crippen molar-refractivity contribution >= 4 is 30.2 Å². The van der Waals surface area contributed by atoms with Crippen LogP contribution in [0.1, 0.15) is 20.8 Å². The molecule has 0 aliphatic heterocycles. The van der Waals surface area contributed by atoms with Crippen molar-refractivity contribution in [2.75, 3.05) is 19.8 Å². The summed E-state index contributed by atoms with van der Waals surface area (Å²) in [6, 6.07) is 6.09. The van der Waals surface area contributed by atoms with Gasteiger partial charge in [0, 0.05) is 35.8 Å². The van der Waals surface area contributed by atoms with Crippen LogP contribution in [-0.4, -0.2) is 40.9 Å². The number of non-ortho nitro benzene ring substituents is 1. The minimum Gasteiger partial charge on any atom is -0.465 e. The average molecular weight is 398 g/mol. The summed E-state index contributed by atoms with van der Waals surface area (Å²) in [5.41, 5.74) is -0.519. The minimum absolute atomic E-state index is 0.00256. The van der Waals surface area contributed by atoms with Gasteiger partial charge in [-0.25, -0.2) is 0 Å². The summed E-state index contributed by atoms with van der Waals surface area (Å²) in [7, 11) is -3.76. The highest BCUT2D eigenvalue weighted by Crippen LogP contribution is 2.54. The molecule has 0 saturated heterocycles. The Hall–Kier alpha value is -2.22. The zero-order valence-electron chi connectivity index (χ0n) is 15.5. The number of hydrogen-bond acceptors (Lipinski definition) is 7. The van der Waals surface area contributed by atoms with Crippen LogP contribution in [-0.2, 0) is 29.7 Å². The van der Waals surface area contributed by atoms with Crippen molar-refractivity contribution in [3.8, 4) is 0 Å². The smallest absolute Gasteiger partial charge is 0.346 e. The number of esters is 1. The quantitative estimate of drug-likeness (QED) is 0.259. The number of aromatic nitrogens is 1. The van der Waals surface area contributed by atoms with E-state index in [1.165, 1.54) is 12.1 Å². The van der Waals surface area contributed by atoms with Crippen molar-refractivity contribution in [1.29, 1.82) is 0 Å². The SMILES string of the molecule is CCOC(=O)C(Cn1ccc2cc([N+](=O)[O-])ccc21)P(=O)(OCC)OCC. The molecule has 0 radical (unpaired) electrons. The predicted molar refractivity (Wildman–Crippen MR) is 99.9 cm³/mol. The van der Waals surface area contributed by atoms with E-state index in [4.69, 9.17) is 13.8 Å². The number of benzene rings is 1. The summed E-state index contributed by atoms with van der Waals surface area (Å²) >= 11 is 0. The Balaban J connectivity index is 2.43. The first-order valence-electron chi connectivity index (χ1n) is 8.65. The van der Waals surface area contributed by atoms with Gasteiger partial charge in [0.15, 0.2) is 5.66 Å². The fraction of sp³-hybridized carbons (Fsp3) is 0.471. The largest absolute Gasteiger partial charge is 0.465 e. The molecule has 0 N–H and O–H groups in total. The van der Waals surface area contributed by atoms with Gasteiger partial charge in [-0.2, -0.15) is 0 Å². The molecular weight excluding hydrogens is 375 g/mol. The molecule has 27 heavy (non-hydrogen) atoms. The molecule has 148 valence electrons. The van der Waals surface area contributed by atoms with Crippen molar-refractivity contribution in [2.24, 2.45) is 0 Å². The highest BCUT2D eigenvalue weighted by molar-refractivity contribution is 7.55. The van der Waals surface area contributed by atoms with Gasteiger partial charge in [0.05, 0.1) is 24.7 Å². The second-order valence-electron chi connectivity index (χ2n) is 5.61. The third kappa shape index (κ3) is 4.74. The van der Waals surface area contributed by atoms with E-state index in [0.29, 0.717) is 10.9 Å². The maximum atomic E-state index is 13.2. The molecule has 2 aromatic rings. The van der Waals surface area contributed by atoms with E-state index >= 15 is 0 Å². The number of nitrogens with zero attached hydrogens (tertiary/aromatic N) is 2. The fourth-order valence-corrected chi connectivity index (χ4v) is 4.63. The molecule has 0 saturated carbocycles. The summed E-state index contributed by atoms with van der Waals surface area (Å²) in [4.78, 5) is 22.9. The standard InChI is InChI=1S/C17H23N2O7P/c1-4-24-17(20)16(27(23,25-5-2)26-6-3)12-18-10-9-13-11-14(19(21)22)7-8-15(13)18/h7-11,16H,4-6,12H2,1-3H3. The summed E-state index contributed by atoms with van der Waals surface area (Å²) in [6.07, 6.45) is 1.67. The number of ether oxygens (including phenoxy) is 1. The number of hydrogen-bond donors (Lipinski definition) is 0. The maximum Gasteiger partial charge on any atom is 0.346 e. The molecule has 0 amide bonds. The molecule has 0 aliphatic rings. The molecule has 9 nitrogen and oxygen atoms in total. The first-order chi connectivity index (χ1) is 12.9. The molecule has 1 aromatic heterocycles. The first-order valence-corrected chi connectivity index (χ1v) is 10.3. The lowest BCUT2D eigenvalue weighted by atomic mass is 10.2. The molecule has 0 bridgehead atoms. The summed E-state index contributed by atoms with van der Waals surface area (Å²) in [6.45, 7) is 5.35. The Morgan fingerprint density at radius 1 is 1.19 bits per heavy atom. The molecule has 1 atom stereocenters. The molecule has 0 spiro atoms. The van der Waals surface area contributed by atoms with E-state index in [2.05, 4.69) is 0 Å². The number of fused-ring (bicyclic) bond motifs is 1. The van der Waals surface area contributed by atoms with Crippen LogP contribution in [0.3, 0.4) is 0 Å². The topological polar surface area (TPSA) is 110 Å².